The summed E-state index contributed by atoms with van der Waals surface area (Å²) in [5.74, 6) is 0.913. The minimum atomic E-state index is 0.665. The summed E-state index contributed by atoms with van der Waals surface area (Å²) >= 11 is 1.69. The molecule has 21 heavy (non-hydrogen) atoms. The highest BCUT2D eigenvalue weighted by Crippen LogP contribution is 2.20. The van der Waals surface area contributed by atoms with E-state index in [1.54, 1.807) is 11.3 Å². The highest BCUT2D eigenvalue weighted by atomic mass is 32.1. The molecule has 0 spiro atoms. The molecule has 9 heteroatoms. The summed E-state index contributed by atoms with van der Waals surface area (Å²) in [5.41, 5.74) is 0.665. The molecule has 0 saturated carbocycles. The second-order valence-corrected chi connectivity index (χ2v) is 5.73. The maximum atomic E-state index is 4.46. The molecule has 3 aromatic heterocycles. The smallest absolute Gasteiger partial charge is 0.200 e. The van der Waals surface area contributed by atoms with Gasteiger partial charge in [-0.1, -0.05) is 0 Å². The van der Waals surface area contributed by atoms with E-state index in [-0.39, 0.29) is 0 Å². The molecule has 0 atom stereocenters. The first-order valence-electron chi connectivity index (χ1n) is 6.85. The summed E-state index contributed by atoms with van der Waals surface area (Å²) in [6.07, 6.45) is 2.94. The summed E-state index contributed by atoms with van der Waals surface area (Å²) in [7, 11) is 0. The molecule has 3 aromatic rings. The fourth-order valence-electron chi connectivity index (χ4n) is 2.52. The van der Waals surface area contributed by atoms with Crippen LogP contribution in [0, 0.1) is 0 Å². The Balaban J connectivity index is 1.53. The summed E-state index contributed by atoms with van der Waals surface area (Å²) in [6.45, 7) is 3.86. The van der Waals surface area contributed by atoms with Gasteiger partial charge in [0.25, 0.3) is 0 Å². The molecule has 8 nitrogen and oxygen atoms in total. The van der Waals surface area contributed by atoms with Gasteiger partial charge in [-0.3, -0.25) is 0 Å². The van der Waals surface area contributed by atoms with Crippen LogP contribution in [0.15, 0.2) is 23.7 Å². The van der Waals surface area contributed by atoms with Gasteiger partial charge in [-0.05, 0) is 29.0 Å². The highest BCUT2D eigenvalue weighted by molar-refractivity contribution is 7.13. The molecule has 0 aliphatic carbocycles. The lowest BCUT2D eigenvalue weighted by Crippen LogP contribution is -2.31. The maximum Gasteiger partial charge on any atom is 0.200 e. The van der Waals surface area contributed by atoms with Crippen molar-refractivity contribution in [2.24, 2.45) is 0 Å². The number of tetrazole rings is 1. The Hall–Kier alpha value is -2.29. The van der Waals surface area contributed by atoms with E-state index < -0.39 is 0 Å². The van der Waals surface area contributed by atoms with Crippen LogP contribution in [0.25, 0.3) is 5.65 Å². The van der Waals surface area contributed by atoms with Crippen molar-refractivity contribution < 1.29 is 0 Å². The van der Waals surface area contributed by atoms with Crippen molar-refractivity contribution in [3.8, 4) is 0 Å². The van der Waals surface area contributed by atoms with E-state index in [2.05, 4.69) is 35.4 Å². The van der Waals surface area contributed by atoms with Gasteiger partial charge in [0.05, 0.1) is 0 Å². The molecule has 0 amide bonds. The third-order valence-corrected chi connectivity index (χ3v) is 4.40. The van der Waals surface area contributed by atoms with Crippen LogP contribution < -0.4 is 9.80 Å². The topological polar surface area (TPSA) is 75.3 Å². The molecule has 0 N–H and O–H groups in total. The standard InChI is InChI=1S/C12H14N8S/c1-5-18(7-8-19(6-1)12-13-4-9-21-12)11-3-2-10-14-16-17-20(10)15-11/h2-4,9H,1,5-8H2. The zero-order valence-corrected chi connectivity index (χ0v) is 12.1. The number of thiazole rings is 1. The number of fused-ring (bicyclic) bond motifs is 1. The number of nitrogens with zero attached hydrogens (tertiary/aromatic N) is 8. The Labute approximate surface area is 125 Å². The van der Waals surface area contributed by atoms with Gasteiger partial charge in [-0.15, -0.1) is 26.2 Å². The number of anilines is 2. The number of hydrogen-bond acceptors (Lipinski definition) is 8. The molecule has 1 fully saturated rings. The Morgan fingerprint density at radius 3 is 2.86 bits per heavy atom. The third-order valence-electron chi connectivity index (χ3n) is 3.57. The van der Waals surface area contributed by atoms with Crippen molar-refractivity contribution in [2.75, 3.05) is 36.0 Å². The van der Waals surface area contributed by atoms with E-state index in [9.17, 15) is 0 Å². The average Bonchev–Trinajstić information content (AvgIpc) is 3.14. The number of hydrogen-bond donors (Lipinski definition) is 0. The molecule has 1 aliphatic heterocycles. The lowest BCUT2D eigenvalue weighted by Gasteiger charge is -2.22. The summed E-state index contributed by atoms with van der Waals surface area (Å²) in [5, 5.41) is 18.9. The van der Waals surface area contributed by atoms with Gasteiger partial charge in [0.2, 0.25) is 0 Å². The van der Waals surface area contributed by atoms with Crippen molar-refractivity contribution in [3.05, 3.63) is 23.7 Å². The van der Waals surface area contributed by atoms with Gasteiger partial charge >= 0.3 is 0 Å². The molecule has 4 rings (SSSR count). The maximum absolute atomic E-state index is 4.46. The van der Waals surface area contributed by atoms with Gasteiger partial charge in [0, 0.05) is 37.8 Å². The third kappa shape index (κ3) is 2.40. The monoisotopic (exact) mass is 302 g/mol. The van der Waals surface area contributed by atoms with Crippen LogP contribution in [0.1, 0.15) is 6.42 Å². The van der Waals surface area contributed by atoms with Crippen LogP contribution in [0.4, 0.5) is 10.9 Å². The molecule has 0 unspecified atom stereocenters. The van der Waals surface area contributed by atoms with E-state index >= 15 is 0 Å². The molecule has 0 radical (unpaired) electrons. The Bertz CT molecular complexity index is 724. The minimum Gasteiger partial charge on any atom is -0.353 e. The first-order valence-corrected chi connectivity index (χ1v) is 7.73. The largest absolute Gasteiger partial charge is 0.353 e. The van der Waals surface area contributed by atoms with Crippen LogP contribution in [-0.2, 0) is 0 Å². The van der Waals surface area contributed by atoms with Crippen molar-refractivity contribution >= 4 is 27.9 Å². The predicted molar refractivity (Wildman–Crippen MR) is 79.7 cm³/mol. The normalized spacial score (nSPS) is 16.4. The lowest BCUT2D eigenvalue weighted by atomic mass is 10.4. The Morgan fingerprint density at radius 1 is 1.05 bits per heavy atom. The summed E-state index contributed by atoms with van der Waals surface area (Å²) in [6, 6.07) is 3.87. The highest BCUT2D eigenvalue weighted by Gasteiger charge is 2.18. The lowest BCUT2D eigenvalue weighted by molar-refractivity contribution is 0.708. The molecular formula is C12H14N8S. The summed E-state index contributed by atoms with van der Waals surface area (Å²) < 4.78 is 1.47. The quantitative estimate of drug-likeness (QED) is 0.689. The number of aromatic nitrogens is 6. The fourth-order valence-corrected chi connectivity index (χ4v) is 3.22. The first-order chi connectivity index (χ1) is 10.4. The van der Waals surface area contributed by atoms with E-state index in [4.69, 9.17) is 0 Å². The van der Waals surface area contributed by atoms with Crippen molar-refractivity contribution in [3.63, 3.8) is 0 Å². The van der Waals surface area contributed by atoms with Crippen LogP contribution in [-0.4, -0.2) is 56.4 Å². The number of rotatable bonds is 2. The molecule has 0 aromatic carbocycles. The molecule has 1 aliphatic rings. The van der Waals surface area contributed by atoms with Crippen molar-refractivity contribution in [1.82, 2.24) is 30.2 Å². The van der Waals surface area contributed by atoms with E-state index in [0.29, 0.717) is 5.65 Å². The average molecular weight is 302 g/mol. The molecule has 0 bridgehead atoms. The first kappa shape index (κ1) is 12.5. The fraction of sp³-hybridized carbons (Fsp3) is 0.417. The van der Waals surface area contributed by atoms with Gasteiger partial charge in [0.1, 0.15) is 0 Å². The van der Waals surface area contributed by atoms with Gasteiger partial charge in [-0.2, -0.15) is 0 Å². The molecule has 4 heterocycles. The van der Waals surface area contributed by atoms with Crippen LogP contribution >= 0.6 is 11.3 Å². The van der Waals surface area contributed by atoms with E-state index in [0.717, 1.165) is 43.5 Å². The summed E-state index contributed by atoms with van der Waals surface area (Å²) in [4.78, 5) is 9.00. The van der Waals surface area contributed by atoms with Gasteiger partial charge < -0.3 is 9.80 Å². The van der Waals surface area contributed by atoms with Gasteiger partial charge in [-0.25, -0.2) is 4.98 Å². The Morgan fingerprint density at radius 2 is 1.95 bits per heavy atom. The molecule has 1 saturated heterocycles. The van der Waals surface area contributed by atoms with Gasteiger partial charge in [0.15, 0.2) is 16.6 Å². The van der Waals surface area contributed by atoms with Crippen molar-refractivity contribution in [2.45, 2.75) is 6.42 Å². The van der Waals surface area contributed by atoms with E-state index in [1.807, 2.05) is 23.7 Å². The predicted octanol–water partition coefficient (Wildman–Crippen LogP) is 0.692. The second kappa shape index (κ2) is 5.24. The molecular weight excluding hydrogens is 288 g/mol. The van der Waals surface area contributed by atoms with Crippen LogP contribution in [0.5, 0.6) is 0 Å². The van der Waals surface area contributed by atoms with E-state index in [1.165, 1.54) is 4.63 Å². The zero-order valence-electron chi connectivity index (χ0n) is 11.3. The SMILES string of the molecule is c1csc(N2CCCN(c3ccc4nnnn4n3)CC2)n1. The van der Waals surface area contributed by atoms with Crippen LogP contribution in [0.2, 0.25) is 0 Å². The van der Waals surface area contributed by atoms with Crippen LogP contribution in [0.3, 0.4) is 0 Å². The Kier molecular flexibility index (Phi) is 3.11. The second-order valence-electron chi connectivity index (χ2n) is 4.86. The zero-order chi connectivity index (χ0) is 14.1. The molecule has 108 valence electrons. The minimum absolute atomic E-state index is 0.665. The van der Waals surface area contributed by atoms with Crippen molar-refractivity contribution in [1.29, 1.82) is 0 Å².